The van der Waals surface area contributed by atoms with Gasteiger partial charge in [-0.3, -0.25) is 14.4 Å². The lowest BCUT2D eigenvalue weighted by atomic mass is 10.0. The highest BCUT2D eigenvalue weighted by Crippen LogP contribution is 2.39. The van der Waals surface area contributed by atoms with E-state index >= 15 is 0 Å². The smallest absolute Gasteiger partial charge is 0.303 e. The fourth-order valence-corrected chi connectivity index (χ4v) is 3.86. The highest BCUT2D eigenvalue weighted by Gasteiger charge is 2.24. The van der Waals surface area contributed by atoms with E-state index in [0.29, 0.717) is 48.7 Å². The molecule has 2 aromatic rings. The van der Waals surface area contributed by atoms with E-state index in [4.69, 9.17) is 19.3 Å². The van der Waals surface area contributed by atoms with Gasteiger partial charge in [0.2, 0.25) is 11.7 Å². The number of hydrogen-bond acceptors (Lipinski definition) is 6. The Kier molecular flexibility index (Phi) is 10.4. The van der Waals surface area contributed by atoms with Gasteiger partial charge in [-0.1, -0.05) is 18.2 Å². The molecule has 35 heavy (non-hydrogen) atoms. The zero-order chi connectivity index (χ0) is 26.0. The summed E-state index contributed by atoms with van der Waals surface area (Å²) < 4.78 is 16.2. The number of rotatable bonds is 13. The molecule has 2 N–H and O–H groups in total. The van der Waals surface area contributed by atoms with Crippen molar-refractivity contribution in [3.05, 3.63) is 47.0 Å². The predicted molar refractivity (Wildman–Crippen MR) is 133 cm³/mol. The van der Waals surface area contributed by atoms with Gasteiger partial charge in [0.15, 0.2) is 11.5 Å². The van der Waals surface area contributed by atoms with Gasteiger partial charge in [-0.05, 0) is 49.9 Å². The molecule has 0 heterocycles. The summed E-state index contributed by atoms with van der Waals surface area (Å²) in [6.07, 6.45) is 1.00. The molecule has 0 fully saturated rings. The maximum absolute atomic E-state index is 13.8. The third-order valence-electron chi connectivity index (χ3n) is 5.54. The summed E-state index contributed by atoms with van der Waals surface area (Å²) in [7, 11) is 4.48. The van der Waals surface area contributed by atoms with Gasteiger partial charge >= 0.3 is 5.97 Å². The number of methoxy groups -OCH3 is 3. The first kappa shape index (κ1) is 27.5. The Morgan fingerprint density at radius 2 is 1.51 bits per heavy atom. The van der Waals surface area contributed by atoms with Crippen molar-refractivity contribution in [2.45, 2.75) is 39.5 Å². The van der Waals surface area contributed by atoms with E-state index in [2.05, 4.69) is 5.32 Å². The molecule has 0 aliphatic heterocycles. The van der Waals surface area contributed by atoms with Crippen LogP contribution in [0.15, 0.2) is 30.3 Å². The molecule has 0 unspecified atom stereocenters. The molecule has 2 aromatic carbocycles. The third-order valence-corrected chi connectivity index (χ3v) is 5.54. The molecule has 0 saturated heterocycles. The molecule has 9 nitrogen and oxygen atoms in total. The minimum atomic E-state index is -0.895. The van der Waals surface area contributed by atoms with Crippen LogP contribution < -0.4 is 24.4 Å². The van der Waals surface area contributed by atoms with Gasteiger partial charge in [0.1, 0.15) is 0 Å². The van der Waals surface area contributed by atoms with Crippen molar-refractivity contribution in [2.75, 3.05) is 39.3 Å². The van der Waals surface area contributed by atoms with E-state index in [1.54, 1.807) is 17.0 Å². The Morgan fingerprint density at radius 1 is 0.914 bits per heavy atom. The molecular formula is C26H34N2O7. The molecular weight excluding hydrogens is 452 g/mol. The highest BCUT2D eigenvalue weighted by atomic mass is 16.5. The minimum absolute atomic E-state index is 0.00388. The van der Waals surface area contributed by atoms with Gasteiger partial charge in [-0.2, -0.15) is 0 Å². The van der Waals surface area contributed by atoms with Gasteiger partial charge in [0.25, 0.3) is 5.91 Å². The molecule has 0 atom stereocenters. The number of benzene rings is 2. The van der Waals surface area contributed by atoms with Crippen LogP contribution in [-0.2, 0) is 9.59 Å². The molecule has 2 amide bonds. The molecule has 9 heteroatoms. The Bertz CT molecular complexity index is 1010. The molecule has 0 saturated carbocycles. The van der Waals surface area contributed by atoms with Crippen LogP contribution in [-0.4, -0.2) is 57.3 Å². The van der Waals surface area contributed by atoms with Crippen LogP contribution in [0, 0.1) is 13.8 Å². The number of anilines is 1. The lowest BCUT2D eigenvalue weighted by molar-refractivity contribution is -0.137. The van der Waals surface area contributed by atoms with Crippen LogP contribution in [0.2, 0.25) is 0 Å². The second-order valence-electron chi connectivity index (χ2n) is 8.06. The highest BCUT2D eigenvalue weighted by molar-refractivity contribution is 6.07. The fourth-order valence-electron chi connectivity index (χ4n) is 3.86. The topological polar surface area (TPSA) is 114 Å². The number of hydrogen-bond donors (Lipinski definition) is 2. The standard InChI is InChI=1S/C26H34N2O7/c1-17-9-6-10-18(2)24(17)28(14-8-11-22(29)27-13-7-12-23(30)31)26(32)19-15-20(33-3)25(35-5)21(16-19)34-4/h6,9-10,15-16H,7-8,11-14H2,1-5H3,(H,27,29)(H,30,31). The summed E-state index contributed by atoms with van der Waals surface area (Å²) in [6, 6.07) is 9.03. The Hall–Kier alpha value is -3.75. The molecule has 0 aromatic heterocycles. The number of carboxylic acid groups (broad SMARTS) is 1. The van der Waals surface area contributed by atoms with Gasteiger partial charge < -0.3 is 29.5 Å². The molecule has 0 bridgehead atoms. The number of nitrogens with zero attached hydrogens (tertiary/aromatic N) is 1. The van der Waals surface area contributed by atoms with E-state index in [-0.39, 0.29) is 24.7 Å². The number of aryl methyl sites for hydroxylation is 2. The van der Waals surface area contributed by atoms with Crippen LogP contribution >= 0.6 is 0 Å². The number of carbonyl (C=O) groups is 3. The van der Waals surface area contributed by atoms with Crippen molar-refractivity contribution < 1.29 is 33.7 Å². The van der Waals surface area contributed by atoms with E-state index in [0.717, 1.165) is 16.8 Å². The van der Waals surface area contributed by atoms with Crippen molar-refractivity contribution >= 4 is 23.5 Å². The van der Waals surface area contributed by atoms with Crippen LogP contribution in [0.5, 0.6) is 17.2 Å². The summed E-state index contributed by atoms with van der Waals surface area (Å²) in [5, 5.41) is 11.4. The SMILES string of the molecule is COc1cc(C(=O)N(CCCC(=O)NCCCC(=O)O)c2c(C)cccc2C)cc(OC)c1OC. The van der Waals surface area contributed by atoms with Crippen LogP contribution in [0.4, 0.5) is 5.69 Å². The van der Waals surface area contributed by atoms with Crippen molar-refractivity contribution in [3.8, 4) is 17.2 Å². The molecule has 0 aliphatic carbocycles. The van der Waals surface area contributed by atoms with Gasteiger partial charge in [0, 0.05) is 37.2 Å². The fraction of sp³-hybridized carbons (Fsp3) is 0.423. The number of carboxylic acids is 1. The number of aliphatic carboxylic acids is 1. The third kappa shape index (κ3) is 7.37. The van der Waals surface area contributed by atoms with Gasteiger partial charge in [0.05, 0.1) is 21.3 Å². The van der Waals surface area contributed by atoms with Crippen molar-refractivity contribution in [3.63, 3.8) is 0 Å². The van der Waals surface area contributed by atoms with Crippen LogP contribution in [0.1, 0.15) is 47.2 Å². The first-order valence-corrected chi connectivity index (χ1v) is 11.4. The summed E-state index contributed by atoms with van der Waals surface area (Å²) in [5.41, 5.74) is 3.02. The second kappa shape index (κ2) is 13.2. The zero-order valence-corrected chi connectivity index (χ0v) is 21.0. The molecule has 0 radical (unpaired) electrons. The predicted octanol–water partition coefficient (Wildman–Crippen LogP) is 3.74. The van der Waals surface area contributed by atoms with Crippen LogP contribution in [0.25, 0.3) is 0 Å². The normalized spacial score (nSPS) is 10.4. The average molecular weight is 487 g/mol. The van der Waals surface area contributed by atoms with Gasteiger partial charge in [-0.15, -0.1) is 0 Å². The molecule has 2 rings (SSSR count). The largest absolute Gasteiger partial charge is 0.493 e. The van der Waals surface area contributed by atoms with Crippen molar-refractivity contribution in [1.29, 1.82) is 0 Å². The van der Waals surface area contributed by atoms with Crippen molar-refractivity contribution in [2.24, 2.45) is 0 Å². The van der Waals surface area contributed by atoms with Gasteiger partial charge in [-0.25, -0.2) is 0 Å². The van der Waals surface area contributed by atoms with E-state index < -0.39 is 5.97 Å². The molecule has 0 aliphatic rings. The molecule has 0 spiro atoms. The van der Waals surface area contributed by atoms with Crippen LogP contribution in [0.3, 0.4) is 0 Å². The van der Waals surface area contributed by atoms with E-state index in [9.17, 15) is 14.4 Å². The van der Waals surface area contributed by atoms with E-state index in [1.807, 2.05) is 32.0 Å². The number of para-hydroxylation sites is 1. The Morgan fingerprint density at radius 3 is 2.03 bits per heavy atom. The number of ether oxygens (including phenoxy) is 3. The van der Waals surface area contributed by atoms with Crippen molar-refractivity contribution in [1.82, 2.24) is 5.32 Å². The summed E-state index contributed by atoms with van der Waals surface area (Å²) in [5.74, 6) is -0.200. The average Bonchev–Trinajstić information content (AvgIpc) is 2.83. The first-order chi connectivity index (χ1) is 16.7. The minimum Gasteiger partial charge on any atom is -0.493 e. The van der Waals surface area contributed by atoms with E-state index in [1.165, 1.54) is 21.3 Å². The molecule has 190 valence electrons. The summed E-state index contributed by atoms with van der Waals surface area (Å²) in [6.45, 7) is 4.49. The maximum Gasteiger partial charge on any atom is 0.303 e. The second-order valence-corrected chi connectivity index (χ2v) is 8.06. The monoisotopic (exact) mass is 486 g/mol. The number of carbonyl (C=O) groups excluding carboxylic acids is 2. The maximum atomic E-state index is 13.8. The lowest BCUT2D eigenvalue weighted by Gasteiger charge is -2.27. The Labute approximate surface area is 206 Å². The Balaban J connectivity index is 2.27. The number of amides is 2. The lowest BCUT2D eigenvalue weighted by Crippen LogP contribution is -2.34. The number of nitrogens with one attached hydrogen (secondary N) is 1. The summed E-state index contributed by atoms with van der Waals surface area (Å²) >= 11 is 0. The zero-order valence-electron chi connectivity index (χ0n) is 21.0. The summed E-state index contributed by atoms with van der Waals surface area (Å²) in [4.78, 5) is 38.2. The quantitative estimate of drug-likeness (QED) is 0.415. The first-order valence-electron chi connectivity index (χ1n) is 11.4.